The van der Waals surface area contributed by atoms with Gasteiger partial charge in [0, 0.05) is 19.3 Å². The molecule has 3 rings (SSSR count). The third kappa shape index (κ3) is 2.90. The largest absolute Gasteiger partial charge is 0.361 e. The van der Waals surface area contributed by atoms with Crippen molar-refractivity contribution in [3.8, 4) is 5.69 Å². The number of hydrogen-bond acceptors (Lipinski definition) is 4. The van der Waals surface area contributed by atoms with Crippen molar-refractivity contribution in [2.45, 2.75) is 13.5 Å². The second kappa shape index (κ2) is 5.85. The van der Waals surface area contributed by atoms with Crippen molar-refractivity contribution in [2.75, 3.05) is 7.05 Å². The first-order valence-electron chi connectivity index (χ1n) is 6.91. The molecule has 1 aromatic carbocycles. The normalized spacial score (nSPS) is 10.6. The minimum Gasteiger partial charge on any atom is -0.361 e. The average Bonchev–Trinajstić information content (AvgIpc) is 3.17. The van der Waals surface area contributed by atoms with Gasteiger partial charge in [-0.05, 0) is 19.1 Å². The maximum atomic E-state index is 12.4. The van der Waals surface area contributed by atoms with Crippen molar-refractivity contribution in [2.24, 2.45) is 0 Å². The molecule has 0 aliphatic rings. The highest BCUT2D eigenvalue weighted by atomic mass is 16.5. The van der Waals surface area contributed by atoms with Crippen LogP contribution in [-0.2, 0) is 6.54 Å². The zero-order chi connectivity index (χ0) is 15.5. The molecule has 1 amide bonds. The molecular weight excluding hydrogens is 280 g/mol. The Morgan fingerprint density at radius 1 is 1.32 bits per heavy atom. The molecule has 0 radical (unpaired) electrons. The predicted octanol–water partition coefficient (Wildman–Crippen LogP) is 2.44. The summed E-state index contributed by atoms with van der Waals surface area (Å²) in [5.41, 5.74) is 2.17. The summed E-state index contributed by atoms with van der Waals surface area (Å²) in [5.74, 6) is 0.621. The van der Waals surface area contributed by atoms with Crippen LogP contribution in [0.1, 0.15) is 21.8 Å². The first-order chi connectivity index (χ1) is 10.6. The van der Waals surface area contributed by atoms with Gasteiger partial charge in [-0.25, -0.2) is 4.68 Å². The Balaban J connectivity index is 1.74. The van der Waals surface area contributed by atoms with E-state index in [2.05, 4.69) is 10.3 Å². The van der Waals surface area contributed by atoms with E-state index in [1.165, 1.54) is 0 Å². The third-order valence-electron chi connectivity index (χ3n) is 3.27. The first-order valence-corrected chi connectivity index (χ1v) is 6.91. The number of benzene rings is 1. The molecule has 6 nitrogen and oxygen atoms in total. The zero-order valence-electron chi connectivity index (χ0n) is 12.4. The van der Waals surface area contributed by atoms with Crippen molar-refractivity contribution >= 4 is 5.91 Å². The summed E-state index contributed by atoms with van der Waals surface area (Å²) >= 11 is 0. The van der Waals surface area contributed by atoms with Crippen molar-refractivity contribution in [3.05, 3.63) is 65.8 Å². The zero-order valence-corrected chi connectivity index (χ0v) is 12.4. The highest BCUT2D eigenvalue weighted by Crippen LogP contribution is 2.11. The summed E-state index contributed by atoms with van der Waals surface area (Å²) in [6.45, 7) is 2.22. The smallest absolute Gasteiger partial charge is 0.257 e. The number of para-hydroxylation sites is 1. The Kier molecular flexibility index (Phi) is 3.74. The molecular formula is C16H16N4O2. The lowest BCUT2D eigenvalue weighted by molar-refractivity contribution is 0.0782. The number of hydrogen-bond donors (Lipinski definition) is 0. The number of carbonyl (C=O) groups excluding carboxylic acids is 1. The minimum absolute atomic E-state index is 0.108. The van der Waals surface area contributed by atoms with Crippen LogP contribution >= 0.6 is 0 Å². The lowest BCUT2D eigenvalue weighted by Gasteiger charge is -2.14. The van der Waals surface area contributed by atoms with Crippen LogP contribution in [0.25, 0.3) is 5.69 Å². The highest BCUT2D eigenvalue weighted by Gasteiger charge is 2.16. The van der Waals surface area contributed by atoms with Crippen molar-refractivity contribution in [1.82, 2.24) is 19.8 Å². The van der Waals surface area contributed by atoms with Gasteiger partial charge in [0.05, 0.1) is 24.0 Å². The Bertz CT molecular complexity index is 776. The monoisotopic (exact) mass is 296 g/mol. The SMILES string of the molecule is Cc1cc(CN(C)C(=O)c2cnn(-c3ccccc3)c2)no1. The second-order valence-corrected chi connectivity index (χ2v) is 5.10. The Morgan fingerprint density at radius 3 is 2.77 bits per heavy atom. The van der Waals surface area contributed by atoms with Gasteiger partial charge in [0.25, 0.3) is 5.91 Å². The van der Waals surface area contributed by atoms with Gasteiger partial charge in [-0.3, -0.25) is 4.79 Å². The van der Waals surface area contributed by atoms with Crippen LogP contribution in [0.5, 0.6) is 0 Å². The molecule has 112 valence electrons. The fourth-order valence-corrected chi connectivity index (χ4v) is 2.18. The van der Waals surface area contributed by atoms with Crippen LogP contribution in [0.2, 0.25) is 0 Å². The van der Waals surface area contributed by atoms with E-state index in [1.807, 2.05) is 43.3 Å². The van der Waals surface area contributed by atoms with E-state index in [0.29, 0.717) is 12.1 Å². The predicted molar refractivity (Wildman–Crippen MR) is 80.6 cm³/mol. The van der Waals surface area contributed by atoms with Gasteiger partial charge in [0.15, 0.2) is 0 Å². The minimum atomic E-state index is -0.108. The number of nitrogens with zero attached hydrogens (tertiary/aromatic N) is 4. The van der Waals surface area contributed by atoms with Crippen LogP contribution in [0.15, 0.2) is 53.3 Å². The van der Waals surface area contributed by atoms with E-state index < -0.39 is 0 Å². The van der Waals surface area contributed by atoms with Crippen molar-refractivity contribution in [1.29, 1.82) is 0 Å². The van der Waals surface area contributed by atoms with Gasteiger partial charge >= 0.3 is 0 Å². The third-order valence-corrected chi connectivity index (χ3v) is 3.27. The standard InChI is InChI=1S/C16H16N4O2/c1-12-8-14(18-22-12)11-19(2)16(21)13-9-17-20(10-13)15-6-4-3-5-7-15/h3-10H,11H2,1-2H3. The summed E-state index contributed by atoms with van der Waals surface area (Å²) in [7, 11) is 1.73. The summed E-state index contributed by atoms with van der Waals surface area (Å²) in [6.07, 6.45) is 3.29. The van der Waals surface area contributed by atoms with Gasteiger partial charge in [0.2, 0.25) is 0 Å². The summed E-state index contributed by atoms with van der Waals surface area (Å²) in [6, 6.07) is 11.5. The number of aryl methyl sites for hydroxylation is 1. The molecule has 22 heavy (non-hydrogen) atoms. The van der Waals surface area contributed by atoms with E-state index in [0.717, 1.165) is 17.1 Å². The summed E-state index contributed by atoms with van der Waals surface area (Å²) in [5, 5.41) is 8.13. The highest BCUT2D eigenvalue weighted by molar-refractivity contribution is 5.93. The molecule has 2 heterocycles. The molecule has 3 aromatic rings. The molecule has 0 spiro atoms. The molecule has 0 fully saturated rings. The molecule has 0 saturated carbocycles. The second-order valence-electron chi connectivity index (χ2n) is 5.10. The van der Waals surface area contributed by atoms with Crippen LogP contribution in [0, 0.1) is 6.92 Å². The number of carbonyl (C=O) groups is 1. The Morgan fingerprint density at radius 2 is 2.09 bits per heavy atom. The van der Waals surface area contributed by atoms with E-state index in [4.69, 9.17) is 4.52 Å². The van der Waals surface area contributed by atoms with Gasteiger partial charge in [-0.15, -0.1) is 0 Å². The number of rotatable bonds is 4. The lowest BCUT2D eigenvalue weighted by Crippen LogP contribution is -2.26. The Labute approximate surface area is 127 Å². The molecule has 0 saturated heterocycles. The Hall–Kier alpha value is -2.89. The maximum absolute atomic E-state index is 12.4. The maximum Gasteiger partial charge on any atom is 0.257 e. The quantitative estimate of drug-likeness (QED) is 0.742. The molecule has 0 aliphatic heterocycles. The van der Waals surface area contributed by atoms with E-state index in [1.54, 1.807) is 29.0 Å². The fourth-order valence-electron chi connectivity index (χ4n) is 2.18. The molecule has 0 atom stereocenters. The van der Waals surface area contributed by atoms with E-state index in [-0.39, 0.29) is 5.91 Å². The van der Waals surface area contributed by atoms with E-state index >= 15 is 0 Å². The van der Waals surface area contributed by atoms with Crippen molar-refractivity contribution in [3.63, 3.8) is 0 Å². The number of amides is 1. The molecule has 0 unspecified atom stereocenters. The summed E-state index contributed by atoms with van der Waals surface area (Å²) in [4.78, 5) is 14.0. The van der Waals surface area contributed by atoms with Crippen LogP contribution in [0.3, 0.4) is 0 Å². The van der Waals surface area contributed by atoms with Gasteiger partial charge < -0.3 is 9.42 Å². The van der Waals surface area contributed by atoms with Gasteiger partial charge in [-0.2, -0.15) is 5.10 Å². The molecule has 6 heteroatoms. The average molecular weight is 296 g/mol. The van der Waals surface area contributed by atoms with Crippen molar-refractivity contribution < 1.29 is 9.32 Å². The molecule has 2 aromatic heterocycles. The first kappa shape index (κ1) is 14.1. The number of aromatic nitrogens is 3. The molecule has 0 aliphatic carbocycles. The van der Waals surface area contributed by atoms with Crippen LogP contribution in [-0.4, -0.2) is 32.8 Å². The van der Waals surface area contributed by atoms with Crippen LogP contribution < -0.4 is 0 Å². The van der Waals surface area contributed by atoms with Gasteiger partial charge in [-0.1, -0.05) is 23.4 Å². The van der Waals surface area contributed by atoms with E-state index in [9.17, 15) is 4.79 Å². The fraction of sp³-hybridized carbons (Fsp3) is 0.188. The van der Waals surface area contributed by atoms with Crippen LogP contribution in [0.4, 0.5) is 0 Å². The topological polar surface area (TPSA) is 64.2 Å². The summed E-state index contributed by atoms with van der Waals surface area (Å²) < 4.78 is 6.69. The van der Waals surface area contributed by atoms with Gasteiger partial charge in [0.1, 0.15) is 11.5 Å². The lowest BCUT2D eigenvalue weighted by atomic mass is 10.3. The molecule has 0 bridgehead atoms. The molecule has 0 N–H and O–H groups in total.